The number of pyridine rings is 1. The van der Waals surface area contributed by atoms with Crippen molar-refractivity contribution in [1.82, 2.24) is 30.5 Å². The van der Waals surface area contributed by atoms with Gasteiger partial charge in [0.05, 0.1) is 6.04 Å². The Morgan fingerprint density at radius 1 is 1.17 bits per heavy atom. The zero-order valence-electron chi connectivity index (χ0n) is 16.2. The molecule has 0 saturated carbocycles. The first-order valence-corrected chi connectivity index (χ1v) is 9.01. The zero-order chi connectivity index (χ0) is 21.8. The lowest BCUT2D eigenvalue weighted by Crippen LogP contribution is -2.28. The highest BCUT2D eigenvalue weighted by molar-refractivity contribution is 5.39. The first-order chi connectivity index (χ1) is 14.3. The summed E-state index contributed by atoms with van der Waals surface area (Å²) in [4.78, 5) is 3.61. The molecule has 2 aromatic heterocycles. The molecule has 1 aromatic carbocycles. The lowest BCUT2D eigenvalue weighted by atomic mass is 10.0. The van der Waals surface area contributed by atoms with Gasteiger partial charge < -0.3 is 0 Å². The molecule has 0 amide bonds. The van der Waals surface area contributed by atoms with E-state index in [9.17, 15) is 17.6 Å². The van der Waals surface area contributed by atoms with E-state index in [1.807, 2.05) is 13.8 Å². The molecule has 1 unspecified atom stereocenters. The molecule has 6 nitrogen and oxygen atoms in total. The van der Waals surface area contributed by atoms with Crippen molar-refractivity contribution in [3.05, 3.63) is 70.3 Å². The fraction of sp³-hybridized carbons (Fsp3) is 0.300. The van der Waals surface area contributed by atoms with Crippen molar-refractivity contribution in [3.8, 4) is 12.3 Å². The molecular formula is C20H18F4N6. The maximum absolute atomic E-state index is 14.8. The van der Waals surface area contributed by atoms with Crippen molar-refractivity contribution in [2.24, 2.45) is 0 Å². The highest BCUT2D eigenvalue weighted by Gasteiger charge is 2.28. The zero-order valence-corrected chi connectivity index (χ0v) is 16.2. The van der Waals surface area contributed by atoms with Crippen LogP contribution in [0.25, 0.3) is 0 Å². The Hall–Kier alpha value is -3.32. The number of hydrogen-bond acceptors (Lipinski definition) is 5. The SMILES string of the molecule is C#Cc1cc(F)c(C(NCc2ccnc(C(F)F)c2)c2nnnn2C(C)C)c(F)c1. The molecule has 2 heterocycles. The number of benzene rings is 1. The van der Waals surface area contributed by atoms with Crippen molar-refractivity contribution in [2.45, 2.75) is 38.9 Å². The van der Waals surface area contributed by atoms with E-state index in [4.69, 9.17) is 6.42 Å². The molecule has 1 atom stereocenters. The quantitative estimate of drug-likeness (QED) is 0.468. The van der Waals surface area contributed by atoms with Crippen LogP contribution in [0.15, 0.2) is 30.5 Å². The van der Waals surface area contributed by atoms with Gasteiger partial charge in [-0.25, -0.2) is 22.2 Å². The average molecular weight is 418 g/mol. The molecule has 0 radical (unpaired) electrons. The van der Waals surface area contributed by atoms with E-state index < -0.39 is 29.8 Å². The lowest BCUT2D eigenvalue weighted by molar-refractivity contribution is 0.146. The third-order valence-electron chi connectivity index (χ3n) is 4.38. The minimum Gasteiger partial charge on any atom is -0.299 e. The third kappa shape index (κ3) is 4.46. The highest BCUT2D eigenvalue weighted by Crippen LogP contribution is 2.28. The molecule has 0 aliphatic carbocycles. The van der Waals surface area contributed by atoms with Gasteiger partial charge in [0, 0.05) is 23.9 Å². The smallest absolute Gasteiger partial charge is 0.280 e. The topological polar surface area (TPSA) is 68.5 Å². The van der Waals surface area contributed by atoms with Crippen LogP contribution in [0.5, 0.6) is 0 Å². The molecule has 3 rings (SSSR count). The number of nitrogens with zero attached hydrogens (tertiary/aromatic N) is 5. The molecule has 30 heavy (non-hydrogen) atoms. The molecule has 0 aliphatic heterocycles. The highest BCUT2D eigenvalue weighted by atomic mass is 19.3. The largest absolute Gasteiger partial charge is 0.299 e. The molecule has 1 N–H and O–H groups in total. The van der Waals surface area contributed by atoms with E-state index in [2.05, 4.69) is 31.7 Å². The Kier molecular flexibility index (Phi) is 6.42. The monoisotopic (exact) mass is 418 g/mol. The van der Waals surface area contributed by atoms with Crippen molar-refractivity contribution in [1.29, 1.82) is 0 Å². The number of halogens is 4. The van der Waals surface area contributed by atoms with Gasteiger partial charge in [0.2, 0.25) is 0 Å². The van der Waals surface area contributed by atoms with E-state index in [0.717, 1.165) is 12.1 Å². The summed E-state index contributed by atoms with van der Waals surface area (Å²) in [5.41, 5.74) is -0.218. The van der Waals surface area contributed by atoms with Crippen molar-refractivity contribution in [3.63, 3.8) is 0 Å². The summed E-state index contributed by atoms with van der Waals surface area (Å²) in [6, 6.07) is 3.53. The van der Waals surface area contributed by atoms with Crippen LogP contribution in [0.4, 0.5) is 17.6 Å². The van der Waals surface area contributed by atoms with Gasteiger partial charge in [-0.3, -0.25) is 10.3 Å². The number of tetrazole rings is 1. The molecule has 156 valence electrons. The predicted octanol–water partition coefficient (Wildman–Crippen LogP) is 3.73. The summed E-state index contributed by atoms with van der Waals surface area (Å²) in [7, 11) is 0. The minimum absolute atomic E-state index is 0.00757. The van der Waals surface area contributed by atoms with E-state index in [1.165, 1.54) is 23.0 Å². The summed E-state index contributed by atoms with van der Waals surface area (Å²) in [6.45, 7) is 3.62. The molecule has 0 fully saturated rings. The van der Waals surface area contributed by atoms with Gasteiger partial charge in [0.25, 0.3) is 6.43 Å². The van der Waals surface area contributed by atoms with Crippen LogP contribution in [-0.4, -0.2) is 25.2 Å². The van der Waals surface area contributed by atoms with Crippen LogP contribution < -0.4 is 5.32 Å². The Labute approximate surface area is 170 Å². The number of rotatable bonds is 7. The Morgan fingerprint density at radius 2 is 1.87 bits per heavy atom. The number of terminal acetylenes is 1. The second kappa shape index (κ2) is 9.00. The summed E-state index contributed by atoms with van der Waals surface area (Å²) in [5, 5.41) is 14.4. The maximum Gasteiger partial charge on any atom is 0.280 e. The van der Waals surface area contributed by atoms with Crippen LogP contribution >= 0.6 is 0 Å². The van der Waals surface area contributed by atoms with E-state index in [-0.39, 0.29) is 29.5 Å². The van der Waals surface area contributed by atoms with Gasteiger partial charge in [-0.15, -0.1) is 11.5 Å². The molecule has 0 spiro atoms. The summed E-state index contributed by atoms with van der Waals surface area (Å²) in [5.74, 6) is 0.609. The maximum atomic E-state index is 14.8. The van der Waals surface area contributed by atoms with E-state index in [1.54, 1.807) is 0 Å². The van der Waals surface area contributed by atoms with E-state index in [0.29, 0.717) is 5.56 Å². The van der Waals surface area contributed by atoms with Crippen molar-refractivity contribution < 1.29 is 17.6 Å². The summed E-state index contributed by atoms with van der Waals surface area (Å²) in [6.07, 6.45) is 3.75. The van der Waals surface area contributed by atoms with Crippen LogP contribution in [-0.2, 0) is 6.54 Å². The van der Waals surface area contributed by atoms with Crippen LogP contribution in [0.1, 0.15) is 60.6 Å². The second-order valence-electron chi connectivity index (χ2n) is 6.78. The van der Waals surface area contributed by atoms with Gasteiger partial charge in [0.15, 0.2) is 5.82 Å². The Morgan fingerprint density at radius 3 is 2.47 bits per heavy atom. The average Bonchev–Trinajstić information content (AvgIpc) is 3.19. The normalized spacial score (nSPS) is 12.4. The second-order valence-corrected chi connectivity index (χ2v) is 6.78. The fourth-order valence-corrected chi connectivity index (χ4v) is 2.97. The van der Waals surface area contributed by atoms with Crippen LogP contribution in [0.3, 0.4) is 0 Å². The molecule has 0 aliphatic rings. The van der Waals surface area contributed by atoms with Crippen LogP contribution in [0.2, 0.25) is 0 Å². The number of alkyl halides is 2. The molecular weight excluding hydrogens is 400 g/mol. The molecule has 0 bridgehead atoms. The van der Waals surface area contributed by atoms with E-state index >= 15 is 0 Å². The Balaban J connectivity index is 2.02. The van der Waals surface area contributed by atoms with Gasteiger partial charge >= 0.3 is 0 Å². The number of aromatic nitrogens is 5. The third-order valence-corrected chi connectivity index (χ3v) is 4.38. The lowest BCUT2D eigenvalue weighted by Gasteiger charge is -2.21. The van der Waals surface area contributed by atoms with Gasteiger partial charge in [0.1, 0.15) is 23.4 Å². The minimum atomic E-state index is -2.74. The molecule has 0 saturated heterocycles. The first kappa shape index (κ1) is 21.4. The first-order valence-electron chi connectivity index (χ1n) is 9.01. The van der Waals surface area contributed by atoms with Gasteiger partial charge in [-0.05, 0) is 54.1 Å². The standard InChI is InChI=1S/C20H18F4N6/c1-4-12-7-14(21)17(15(22)8-12)18(20-27-28-29-30(20)11(2)3)26-10-13-5-6-25-16(9-13)19(23)24/h1,5-9,11,18-19,26H,10H2,2-3H3. The van der Waals surface area contributed by atoms with Gasteiger partial charge in [-0.2, -0.15) is 0 Å². The molecule has 3 aromatic rings. The van der Waals surface area contributed by atoms with Crippen LogP contribution in [0, 0.1) is 24.0 Å². The van der Waals surface area contributed by atoms with Crippen molar-refractivity contribution >= 4 is 0 Å². The Bertz CT molecular complexity index is 1050. The summed E-state index contributed by atoms with van der Waals surface area (Å²) >= 11 is 0. The predicted molar refractivity (Wildman–Crippen MR) is 100 cm³/mol. The molecule has 10 heteroatoms. The summed E-state index contributed by atoms with van der Waals surface area (Å²) < 4.78 is 56.9. The number of hydrogen-bond donors (Lipinski definition) is 1. The van der Waals surface area contributed by atoms with Gasteiger partial charge in [-0.1, -0.05) is 5.92 Å². The number of nitrogens with one attached hydrogen (secondary N) is 1. The fourth-order valence-electron chi connectivity index (χ4n) is 2.97. The van der Waals surface area contributed by atoms with Crippen molar-refractivity contribution in [2.75, 3.05) is 0 Å².